The second-order valence-electron chi connectivity index (χ2n) is 7.47. The van der Waals surface area contributed by atoms with Crippen LogP contribution in [0.1, 0.15) is 29.9 Å². The molecule has 0 aliphatic carbocycles. The minimum absolute atomic E-state index is 0.167. The second kappa shape index (κ2) is 5.78. The van der Waals surface area contributed by atoms with E-state index in [0.29, 0.717) is 11.6 Å². The quantitative estimate of drug-likeness (QED) is 0.637. The van der Waals surface area contributed by atoms with Gasteiger partial charge in [0.15, 0.2) is 0 Å². The number of carbonyl (C=O) groups excluding carboxylic acids is 1. The normalized spacial score (nSPS) is 31.7. The minimum atomic E-state index is -1.05. The van der Waals surface area contributed by atoms with Crippen LogP contribution in [-0.2, 0) is 10.3 Å². The molecule has 2 fully saturated rings. The van der Waals surface area contributed by atoms with Gasteiger partial charge in [0.1, 0.15) is 5.54 Å². The maximum atomic E-state index is 13.4. The van der Waals surface area contributed by atoms with Crippen molar-refractivity contribution in [3.05, 3.63) is 74.8 Å². The number of benzene rings is 2. The van der Waals surface area contributed by atoms with Crippen LogP contribution in [0.3, 0.4) is 0 Å². The SMILES string of the molecule is O=C1Nc2ccccc2[C@]12[C@H](c1ccc(Cl)cc1)[C@@H]([N+](=O)[O-])[C@H]1CCCN12. The number of nitrogens with zero attached hydrogens (tertiary/aromatic N) is 2. The number of fused-ring (bicyclic) bond motifs is 4. The van der Waals surface area contributed by atoms with Crippen LogP contribution in [0.25, 0.3) is 0 Å². The van der Waals surface area contributed by atoms with E-state index < -0.39 is 17.5 Å². The van der Waals surface area contributed by atoms with Crippen molar-refractivity contribution in [2.45, 2.75) is 36.4 Å². The number of nitro groups is 1. The molecule has 0 bridgehead atoms. The summed E-state index contributed by atoms with van der Waals surface area (Å²) >= 11 is 6.05. The molecule has 5 rings (SSSR count). The van der Waals surface area contributed by atoms with Crippen molar-refractivity contribution in [3.63, 3.8) is 0 Å². The molecule has 3 aliphatic heterocycles. The van der Waals surface area contributed by atoms with E-state index in [4.69, 9.17) is 11.6 Å². The van der Waals surface area contributed by atoms with Gasteiger partial charge in [-0.25, -0.2) is 0 Å². The topological polar surface area (TPSA) is 75.5 Å². The first kappa shape index (κ1) is 16.7. The zero-order valence-electron chi connectivity index (χ0n) is 14.5. The number of hydrogen-bond acceptors (Lipinski definition) is 4. The summed E-state index contributed by atoms with van der Waals surface area (Å²) in [5.41, 5.74) is 1.31. The van der Waals surface area contributed by atoms with Gasteiger partial charge in [-0.1, -0.05) is 41.9 Å². The summed E-state index contributed by atoms with van der Waals surface area (Å²) in [6.07, 6.45) is 1.59. The van der Waals surface area contributed by atoms with E-state index in [1.807, 2.05) is 36.4 Å². The first-order valence-corrected chi connectivity index (χ1v) is 9.49. The van der Waals surface area contributed by atoms with Gasteiger partial charge in [0, 0.05) is 27.7 Å². The molecule has 1 amide bonds. The van der Waals surface area contributed by atoms with Gasteiger partial charge in [0.05, 0.1) is 12.0 Å². The third-order valence-electron chi connectivity index (χ3n) is 6.34. The summed E-state index contributed by atoms with van der Waals surface area (Å²) < 4.78 is 0. The third-order valence-corrected chi connectivity index (χ3v) is 6.59. The third kappa shape index (κ3) is 2.08. The molecule has 138 valence electrons. The molecule has 6 nitrogen and oxygen atoms in total. The molecule has 3 heterocycles. The van der Waals surface area contributed by atoms with Crippen LogP contribution < -0.4 is 5.32 Å². The summed E-state index contributed by atoms with van der Waals surface area (Å²) in [7, 11) is 0. The van der Waals surface area contributed by atoms with Gasteiger partial charge >= 0.3 is 0 Å². The molecule has 7 heteroatoms. The van der Waals surface area contributed by atoms with E-state index >= 15 is 0 Å². The van der Waals surface area contributed by atoms with E-state index in [2.05, 4.69) is 10.2 Å². The summed E-state index contributed by atoms with van der Waals surface area (Å²) in [5, 5.41) is 15.7. The van der Waals surface area contributed by atoms with Crippen LogP contribution >= 0.6 is 11.6 Å². The lowest BCUT2D eigenvalue weighted by atomic mass is 9.73. The fourth-order valence-corrected chi connectivity index (χ4v) is 5.59. The fraction of sp³-hybridized carbons (Fsp3) is 0.350. The smallest absolute Gasteiger partial charge is 0.250 e. The Balaban J connectivity index is 1.80. The number of carbonyl (C=O) groups is 1. The molecule has 2 aromatic carbocycles. The van der Waals surface area contributed by atoms with Crippen LogP contribution in [0.2, 0.25) is 5.02 Å². The monoisotopic (exact) mass is 383 g/mol. The molecule has 1 N–H and O–H groups in total. The number of halogens is 1. The Morgan fingerprint density at radius 2 is 1.93 bits per heavy atom. The van der Waals surface area contributed by atoms with Gasteiger partial charge in [-0.3, -0.25) is 19.8 Å². The molecule has 0 radical (unpaired) electrons. The highest BCUT2D eigenvalue weighted by Gasteiger charge is 2.71. The van der Waals surface area contributed by atoms with Crippen molar-refractivity contribution >= 4 is 23.2 Å². The van der Waals surface area contributed by atoms with E-state index in [-0.39, 0.29) is 16.9 Å². The molecular formula is C20H18ClN3O3. The Morgan fingerprint density at radius 3 is 2.67 bits per heavy atom. The van der Waals surface area contributed by atoms with Crippen molar-refractivity contribution in [1.82, 2.24) is 4.90 Å². The predicted molar refractivity (Wildman–Crippen MR) is 101 cm³/mol. The number of hydrogen-bond donors (Lipinski definition) is 1. The van der Waals surface area contributed by atoms with Crippen LogP contribution in [0.4, 0.5) is 5.69 Å². The van der Waals surface area contributed by atoms with Crippen molar-refractivity contribution < 1.29 is 9.72 Å². The van der Waals surface area contributed by atoms with Gasteiger partial charge in [0.2, 0.25) is 6.04 Å². The number of rotatable bonds is 2. The molecule has 1 spiro atoms. The van der Waals surface area contributed by atoms with Crippen molar-refractivity contribution in [2.75, 3.05) is 11.9 Å². The fourth-order valence-electron chi connectivity index (χ4n) is 5.46. The summed E-state index contributed by atoms with van der Waals surface area (Å²) in [4.78, 5) is 27.5. The van der Waals surface area contributed by atoms with Crippen molar-refractivity contribution in [3.8, 4) is 0 Å². The highest BCUT2D eigenvalue weighted by atomic mass is 35.5. The Labute approximate surface area is 161 Å². The Morgan fingerprint density at radius 1 is 1.19 bits per heavy atom. The summed E-state index contributed by atoms with van der Waals surface area (Å²) in [6.45, 7) is 0.681. The highest BCUT2D eigenvalue weighted by Crippen LogP contribution is 2.59. The molecule has 3 aliphatic rings. The maximum Gasteiger partial charge on any atom is 0.250 e. The lowest BCUT2D eigenvalue weighted by Crippen LogP contribution is -2.50. The molecule has 2 aromatic rings. The average molecular weight is 384 g/mol. The van der Waals surface area contributed by atoms with E-state index in [1.54, 1.807) is 12.1 Å². The van der Waals surface area contributed by atoms with Gasteiger partial charge in [-0.15, -0.1) is 0 Å². The average Bonchev–Trinajstić information content (AvgIpc) is 3.29. The summed E-state index contributed by atoms with van der Waals surface area (Å²) in [6, 6.07) is 13.6. The first-order valence-electron chi connectivity index (χ1n) is 9.12. The first-order chi connectivity index (χ1) is 13.0. The number of nitrogens with one attached hydrogen (secondary N) is 1. The zero-order chi connectivity index (χ0) is 18.8. The van der Waals surface area contributed by atoms with Crippen LogP contribution in [0.15, 0.2) is 48.5 Å². The second-order valence-corrected chi connectivity index (χ2v) is 7.91. The number of para-hydroxylation sites is 1. The van der Waals surface area contributed by atoms with Gasteiger partial charge in [-0.05, 0) is 36.6 Å². The van der Waals surface area contributed by atoms with E-state index in [1.165, 1.54) is 0 Å². The van der Waals surface area contributed by atoms with Gasteiger partial charge in [-0.2, -0.15) is 0 Å². The van der Waals surface area contributed by atoms with E-state index in [0.717, 1.165) is 29.7 Å². The molecule has 0 saturated carbocycles. The molecular weight excluding hydrogens is 366 g/mol. The number of amides is 1. The largest absolute Gasteiger partial charge is 0.324 e. The van der Waals surface area contributed by atoms with Crippen LogP contribution in [0.5, 0.6) is 0 Å². The standard InChI is InChI=1S/C20H18ClN3O3/c21-13-9-7-12(8-10-13)17-18(24(26)27)16-6-3-11-23(16)20(17)14-4-1-2-5-15(14)22-19(20)25/h1-2,4-5,7-10,16-18H,3,6,11H2,(H,22,25)/t16-,17-,18+,20+/m1/s1. The van der Waals surface area contributed by atoms with Gasteiger partial charge < -0.3 is 5.32 Å². The summed E-state index contributed by atoms with van der Waals surface area (Å²) in [5.74, 6) is -0.737. The Kier molecular flexibility index (Phi) is 3.58. The van der Waals surface area contributed by atoms with Crippen molar-refractivity contribution in [2.24, 2.45) is 0 Å². The van der Waals surface area contributed by atoms with Crippen molar-refractivity contribution in [1.29, 1.82) is 0 Å². The lowest BCUT2D eigenvalue weighted by Gasteiger charge is -2.36. The van der Waals surface area contributed by atoms with Gasteiger partial charge in [0.25, 0.3) is 5.91 Å². The zero-order valence-corrected chi connectivity index (χ0v) is 15.2. The maximum absolute atomic E-state index is 13.4. The Bertz CT molecular complexity index is 948. The van der Waals surface area contributed by atoms with Crippen LogP contribution in [-0.4, -0.2) is 34.4 Å². The molecule has 0 unspecified atom stereocenters. The predicted octanol–water partition coefficient (Wildman–Crippen LogP) is 3.39. The Hall–Kier alpha value is -2.44. The minimum Gasteiger partial charge on any atom is -0.324 e. The highest BCUT2D eigenvalue weighted by molar-refractivity contribution is 6.30. The molecule has 2 saturated heterocycles. The number of anilines is 1. The van der Waals surface area contributed by atoms with E-state index in [9.17, 15) is 14.9 Å². The lowest BCUT2D eigenvalue weighted by molar-refractivity contribution is -0.527. The van der Waals surface area contributed by atoms with Crippen LogP contribution in [0, 0.1) is 10.1 Å². The molecule has 0 aromatic heterocycles. The molecule has 4 atom stereocenters. The molecule has 27 heavy (non-hydrogen) atoms.